The number of hydrogen-bond acceptors (Lipinski definition) is 1. The van der Waals surface area contributed by atoms with Gasteiger partial charge in [-0.2, -0.15) is 0 Å². The van der Waals surface area contributed by atoms with Crippen molar-refractivity contribution < 1.29 is 4.79 Å². The Balaban J connectivity index is 1.95. The number of nitrogens with zero attached hydrogens (tertiary/aromatic N) is 2. The first kappa shape index (κ1) is 20.3. The second-order valence-electron chi connectivity index (χ2n) is 7.39. The summed E-state index contributed by atoms with van der Waals surface area (Å²) in [6.07, 6.45) is 8.70. The Morgan fingerprint density at radius 2 is 1.73 bits per heavy atom. The second kappa shape index (κ2) is 10.8. The maximum atomic E-state index is 12.7. The minimum absolute atomic E-state index is 0.221. The number of carbonyl (C=O) groups is 1. The monoisotopic (exact) mass is 354 g/mol. The molecule has 0 unspecified atom stereocenters. The summed E-state index contributed by atoms with van der Waals surface area (Å²) in [5.41, 5.74) is 2.48. The van der Waals surface area contributed by atoms with Gasteiger partial charge in [0.25, 0.3) is 0 Å². The number of carbonyl (C=O) groups excluding carboxylic acids is 1. The van der Waals surface area contributed by atoms with Gasteiger partial charge in [-0.3, -0.25) is 4.79 Å². The first-order valence-electron chi connectivity index (χ1n) is 10.1. The van der Waals surface area contributed by atoms with Crippen LogP contribution in [0.15, 0.2) is 48.7 Å². The molecule has 1 aromatic heterocycles. The van der Waals surface area contributed by atoms with E-state index in [0.717, 1.165) is 19.4 Å². The van der Waals surface area contributed by atoms with Crippen LogP contribution in [-0.4, -0.2) is 21.4 Å². The molecule has 1 amide bonds. The maximum absolute atomic E-state index is 12.7. The van der Waals surface area contributed by atoms with Crippen molar-refractivity contribution in [2.24, 2.45) is 0 Å². The van der Waals surface area contributed by atoms with E-state index in [4.69, 9.17) is 0 Å². The van der Waals surface area contributed by atoms with Crippen LogP contribution in [0.1, 0.15) is 70.6 Å². The van der Waals surface area contributed by atoms with Gasteiger partial charge in [-0.1, -0.05) is 62.9 Å². The molecule has 0 bridgehead atoms. The lowest BCUT2D eigenvalue weighted by atomic mass is 10.1. The third-order valence-corrected chi connectivity index (χ3v) is 4.89. The van der Waals surface area contributed by atoms with Crippen LogP contribution >= 0.6 is 0 Å². The number of aromatic nitrogens is 1. The van der Waals surface area contributed by atoms with Gasteiger partial charge in [0.1, 0.15) is 0 Å². The molecular weight excluding hydrogens is 320 g/mol. The average Bonchev–Trinajstić information content (AvgIpc) is 3.06. The van der Waals surface area contributed by atoms with E-state index in [1.54, 1.807) is 0 Å². The Morgan fingerprint density at radius 1 is 1.00 bits per heavy atom. The van der Waals surface area contributed by atoms with Gasteiger partial charge < -0.3 is 9.47 Å². The van der Waals surface area contributed by atoms with E-state index in [9.17, 15) is 4.79 Å². The van der Waals surface area contributed by atoms with Crippen molar-refractivity contribution in [3.05, 3.63) is 59.9 Å². The van der Waals surface area contributed by atoms with E-state index >= 15 is 0 Å². The molecule has 0 aliphatic heterocycles. The van der Waals surface area contributed by atoms with Crippen LogP contribution in [-0.2, 0) is 17.9 Å². The van der Waals surface area contributed by atoms with Crippen LogP contribution in [0.3, 0.4) is 0 Å². The summed E-state index contributed by atoms with van der Waals surface area (Å²) < 4.78 is 2.25. The van der Waals surface area contributed by atoms with Gasteiger partial charge in [-0.25, -0.2) is 0 Å². The zero-order chi connectivity index (χ0) is 18.8. The van der Waals surface area contributed by atoms with E-state index in [0.29, 0.717) is 13.0 Å². The van der Waals surface area contributed by atoms with Crippen molar-refractivity contribution in [2.75, 3.05) is 0 Å². The van der Waals surface area contributed by atoms with Crippen LogP contribution in [0.4, 0.5) is 0 Å². The summed E-state index contributed by atoms with van der Waals surface area (Å²) in [6, 6.07) is 14.9. The lowest BCUT2D eigenvalue weighted by Gasteiger charge is -2.27. The maximum Gasteiger partial charge on any atom is 0.223 e. The first-order valence-corrected chi connectivity index (χ1v) is 10.1. The molecular formula is C23H34N2O. The Labute approximate surface area is 159 Å². The van der Waals surface area contributed by atoms with E-state index in [1.807, 2.05) is 11.0 Å². The average molecular weight is 355 g/mol. The molecule has 0 saturated carbocycles. The fourth-order valence-corrected chi connectivity index (χ4v) is 3.28. The fraction of sp³-hybridized carbons (Fsp3) is 0.522. The summed E-state index contributed by atoms with van der Waals surface area (Å²) >= 11 is 0. The third-order valence-electron chi connectivity index (χ3n) is 4.89. The molecule has 2 aromatic rings. The minimum atomic E-state index is 0.221. The van der Waals surface area contributed by atoms with Gasteiger partial charge in [0.2, 0.25) is 5.91 Å². The summed E-state index contributed by atoms with van der Waals surface area (Å²) in [6.45, 7) is 7.97. The number of benzene rings is 1. The quantitative estimate of drug-likeness (QED) is 0.480. The molecule has 0 saturated heterocycles. The minimum Gasteiger partial charge on any atom is -0.345 e. The molecule has 0 spiro atoms. The van der Waals surface area contributed by atoms with Crippen molar-refractivity contribution in [1.29, 1.82) is 0 Å². The van der Waals surface area contributed by atoms with Crippen molar-refractivity contribution >= 4 is 5.91 Å². The molecule has 3 nitrogen and oxygen atoms in total. The molecule has 0 aliphatic carbocycles. The largest absolute Gasteiger partial charge is 0.345 e. The fourth-order valence-electron chi connectivity index (χ4n) is 3.28. The molecule has 0 aliphatic rings. The van der Waals surface area contributed by atoms with Crippen LogP contribution in [0.5, 0.6) is 0 Å². The molecule has 0 radical (unpaired) electrons. The topological polar surface area (TPSA) is 25.2 Å². The van der Waals surface area contributed by atoms with Gasteiger partial charge in [-0.05, 0) is 38.0 Å². The predicted octanol–water partition coefficient (Wildman–Crippen LogP) is 5.63. The summed E-state index contributed by atoms with van der Waals surface area (Å²) in [5.74, 6) is 0.281. The van der Waals surface area contributed by atoms with Crippen molar-refractivity contribution in [3.63, 3.8) is 0 Å². The van der Waals surface area contributed by atoms with Gasteiger partial charge in [-0.15, -0.1) is 0 Å². The molecule has 1 aromatic carbocycles. The van der Waals surface area contributed by atoms with Gasteiger partial charge in [0, 0.05) is 30.9 Å². The molecule has 1 heterocycles. The third kappa shape index (κ3) is 6.36. The lowest BCUT2D eigenvalue weighted by Crippen LogP contribution is -2.36. The Kier molecular flexibility index (Phi) is 8.46. The Bertz CT molecular complexity index is 645. The number of amides is 1. The highest BCUT2D eigenvalue weighted by Crippen LogP contribution is 2.15. The summed E-state index contributed by atoms with van der Waals surface area (Å²) in [7, 11) is 0. The molecule has 26 heavy (non-hydrogen) atoms. The second-order valence-corrected chi connectivity index (χ2v) is 7.39. The van der Waals surface area contributed by atoms with Crippen molar-refractivity contribution in [2.45, 2.75) is 78.4 Å². The Hall–Kier alpha value is -2.03. The predicted molar refractivity (Wildman–Crippen MR) is 109 cm³/mol. The van der Waals surface area contributed by atoms with Crippen LogP contribution in [0.2, 0.25) is 0 Å². The van der Waals surface area contributed by atoms with Crippen LogP contribution in [0, 0.1) is 0 Å². The Morgan fingerprint density at radius 3 is 2.42 bits per heavy atom. The highest BCUT2D eigenvalue weighted by Gasteiger charge is 2.18. The molecule has 0 atom stereocenters. The van der Waals surface area contributed by atoms with Gasteiger partial charge in [0.15, 0.2) is 0 Å². The van der Waals surface area contributed by atoms with Crippen molar-refractivity contribution in [1.82, 2.24) is 9.47 Å². The van der Waals surface area contributed by atoms with Crippen LogP contribution < -0.4 is 0 Å². The zero-order valence-electron chi connectivity index (χ0n) is 16.7. The first-order chi connectivity index (χ1) is 12.6. The lowest BCUT2D eigenvalue weighted by molar-refractivity contribution is -0.133. The van der Waals surface area contributed by atoms with Crippen LogP contribution in [0.25, 0.3) is 0 Å². The highest BCUT2D eigenvalue weighted by molar-refractivity contribution is 5.76. The normalized spacial score (nSPS) is 11.1. The molecule has 0 fully saturated rings. The van der Waals surface area contributed by atoms with E-state index in [2.05, 4.69) is 67.9 Å². The smallest absolute Gasteiger partial charge is 0.223 e. The summed E-state index contributed by atoms with van der Waals surface area (Å²) in [5, 5.41) is 0. The standard InChI is InChI=1S/C23H34N2O/c1-4-5-6-7-11-16-23(26)25(20(2)3)19-22-15-12-17-24(22)18-21-13-9-8-10-14-21/h8-10,12-15,17,20H,4-7,11,16,18-19H2,1-3H3. The van der Waals surface area contributed by atoms with Gasteiger partial charge >= 0.3 is 0 Å². The van der Waals surface area contributed by atoms with E-state index in [-0.39, 0.29) is 11.9 Å². The number of unbranched alkanes of at least 4 members (excludes halogenated alkanes) is 4. The zero-order valence-corrected chi connectivity index (χ0v) is 16.7. The molecule has 3 heteroatoms. The van der Waals surface area contributed by atoms with Gasteiger partial charge in [0.05, 0.1) is 6.54 Å². The van der Waals surface area contributed by atoms with E-state index in [1.165, 1.54) is 30.5 Å². The number of hydrogen-bond donors (Lipinski definition) is 0. The molecule has 2 rings (SSSR count). The molecule has 142 valence electrons. The molecule has 0 N–H and O–H groups in total. The summed E-state index contributed by atoms with van der Waals surface area (Å²) in [4.78, 5) is 14.8. The highest BCUT2D eigenvalue weighted by atomic mass is 16.2. The van der Waals surface area contributed by atoms with Crippen molar-refractivity contribution in [3.8, 4) is 0 Å². The van der Waals surface area contributed by atoms with E-state index < -0.39 is 0 Å². The SMILES string of the molecule is CCCCCCCC(=O)N(Cc1cccn1Cc1ccccc1)C(C)C. The number of rotatable bonds is 11.